The van der Waals surface area contributed by atoms with E-state index in [0.717, 1.165) is 0 Å². The average Bonchev–Trinajstić information content (AvgIpc) is 1.31. The third-order valence-electron chi connectivity index (χ3n) is 0.655. The normalized spacial score (nSPS) is 12.9. The summed E-state index contributed by atoms with van der Waals surface area (Å²) in [5.41, 5.74) is 0. The van der Waals surface area contributed by atoms with E-state index in [1.807, 2.05) is 13.8 Å². The molecule has 0 spiro atoms. The molecular formula is C4H7Cl3. The summed E-state index contributed by atoms with van der Waals surface area (Å²) >= 11 is 16.2. The molecule has 0 atom stereocenters. The monoisotopic (exact) mass is 160 g/mol. The Bertz CT molecular complexity index is 52.4. The summed E-state index contributed by atoms with van der Waals surface area (Å²) in [6, 6.07) is 0. The lowest BCUT2D eigenvalue weighted by molar-refractivity contribution is 0.670. The van der Waals surface area contributed by atoms with Crippen LogP contribution in [0.2, 0.25) is 0 Å². The first-order chi connectivity index (χ1) is 2.94. The van der Waals surface area contributed by atoms with Crippen molar-refractivity contribution in [3.63, 3.8) is 0 Å². The van der Waals surface area contributed by atoms with E-state index in [1.165, 1.54) is 0 Å². The Morgan fingerprint density at radius 2 is 1.29 bits per heavy atom. The van der Waals surface area contributed by atoms with Crippen LogP contribution in [0.5, 0.6) is 0 Å². The molecule has 0 aliphatic carbocycles. The van der Waals surface area contributed by atoms with Gasteiger partial charge in [-0.25, -0.2) is 0 Å². The van der Waals surface area contributed by atoms with Crippen molar-refractivity contribution in [2.24, 2.45) is 5.92 Å². The van der Waals surface area contributed by atoms with Gasteiger partial charge in [0.25, 0.3) is 0 Å². The van der Waals surface area contributed by atoms with Gasteiger partial charge in [0.2, 0.25) is 0 Å². The van der Waals surface area contributed by atoms with Gasteiger partial charge >= 0.3 is 0 Å². The first-order valence-corrected chi connectivity index (χ1v) is 3.14. The van der Waals surface area contributed by atoms with E-state index in [0.29, 0.717) is 0 Å². The molecular weight excluding hydrogens is 154 g/mol. The molecule has 0 N–H and O–H groups in total. The molecule has 7 heavy (non-hydrogen) atoms. The van der Waals surface area contributed by atoms with Gasteiger partial charge in [-0.1, -0.05) is 48.7 Å². The molecule has 0 radical (unpaired) electrons. The second-order valence-electron chi connectivity index (χ2n) is 1.70. The second kappa shape index (κ2) is 2.43. The van der Waals surface area contributed by atoms with Gasteiger partial charge in [-0.05, 0) is 0 Å². The van der Waals surface area contributed by atoms with Gasteiger partial charge < -0.3 is 0 Å². The maximum absolute atomic E-state index is 5.40. The standard InChI is InChI=1S/C4H7Cl3/c1-3(2)4(5,6)7/h3H,1-2H3. The fourth-order valence-electron chi connectivity index (χ4n) is 0. The SMILES string of the molecule is CC(C)C(Cl)(Cl)Cl. The lowest BCUT2D eigenvalue weighted by atomic mass is 10.3. The molecule has 3 heteroatoms. The first kappa shape index (κ1) is 7.87. The van der Waals surface area contributed by atoms with Crippen LogP contribution in [0, 0.1) is 5.92 Å². The quantitative estimate of drug-likeness (QED) is 0.479. The highest BCUT2D eigenvalue weighted by Crippen LogP contribution is 2.33. The summed E-state index contributed by atoms with van der Waals surface area (Å²) in [4.78, 5) is 0. The Kier molecular flexibility index (Phi) is 2.73. The molecule has 0 amide bonds. The van der Waals surface area contributed by atoms with E-state index >= 15 is 0 Å². The summed E-state index contributed by atoms with van der Waals surface area (Å²) in [7, 11) is 0. The van der Waals surface area contributed by atoms with Gasteiger partial charge in [0.05, 0.1) is 0 Å². The Morgan fingerprint density at radius 3 is 1.29 bits per heavy atom. The molecule has 0 aliphatic heterocycles. The Balaban J connectivity index is 3.54. The van der Waals surface area contributed by atoms with Crippen molar-refractivity contribution in [2.45, 2.75) is 17.6 Å². The molecule has 0 saturated carbocycles. The molecule has 44 valence electrons. The van der Waals surface area contributed by atoms with E-state index in [-0.39, 0.29) is 5.92 Å². The van der Waals surface area contributed by atoms with Crippen LogP contribution < -0.4 is 0 Å². The van der Waals surface area contributed by atoms with Crippen LogP contribution in [-0.2, 0) is 0 Å². The zero-order valence-corrected chi connectivity index (χ0v) is 6.48. The molecule has 0 bridgehead atoms. The van der Waals surface area contributed by atoms with Gasteiger partial charge in [0.1, 0.15) is 0 Å². The number of rotatable bonds is 0. The maximum Gasteiger partial charge on any atom is 0.192 e. The van der Waals surface area contributed by atoms with Crippen LogP contribution in [-0.4, -0.2) is 3.79 Å². The second-order valence-corrected chi connectivity index (χ2v) is 4.07. The van der Waals surface area contributed by atoms with Crippen molar-refractivity contribution in [3.8, 4) is 0 Å². The van der Waals surface area contributed by atoms with Gasteiger partial charge in [-0.2, -0.15) is 0 Å². The van der Waals surface area contributed by atoms with E-state index < -0.39 is 3.79 Å². The summed E-state index contributed by atoms with van der Waals surface area (Å²) in [5, 5.41) is 0. The third-order valence-corrected chi connectivity index (χ3v) is 1.96. The van der Waals surface area contributed by atoms with E-state index in [1.54, 1.807) is 0 Å². The van der Waals surface area contributed by atoms with Gasteiger partial charge in [0, 0.05) is 5.92 Å². The lowest BCUT2D eigenvalue weighted by Crippen LogP contribution is -2.10. The summed E-state index contributed by atoms with van der Waals surface area (Å²) in [6.45, 7) is 3.71. The summed E-state index contributed by atoms with van der Waals surface area (Å²) in [5.74, 6) is 0.0949. The van der Waals surface area contributed by atoms with Gasteiger partial charge in [-0.15, -0.1) is 0 Å². The number of hydrogen-bond donors (Lipinski definition) is 0. The minimum atomic E-state index is -1.08. The predicted octanol–water partition coefficient (Wildman–Crippen LogP) is 3.01. The minimum absolute atomic E-state index is 0.0949. The van der Waals surface area contributed by atoms with Crippen molar-refractivity contribution in [1.82, 2.24) is 0 Å². The van der Waals surface area contributed by atoms with Crippen LogP contribution >= 0.6 is 34.8 Å². The topological polar surface area (TPSA) is 0 Å². The highest BCUT2D eigenvalue weighted by atomic mass is 35.6. The van der Waals surface area contributed by atoms with Crippen LogP contribution in [0.3, 0.4) is 0 Å². The van der Waals surface area contributed by atoms with Gasteiger partial charge in [0.15, 0.2) is 3.79 Å². The predicted molar refractivity (Wildman–Crippen MR) is 35.1 cm³/mol. The van der Waals surface area contributed by atoms with E-state index in [2.05, 4.69) is 0 Å². The van der Waals surface area contributed by atoms with Crippen molar-refractivity contribution >= 4 is 34.8 Å². The average molecular weight is 161 g/mol. The molecule has 0 fully saturated rings. The van der Waals surface area contributed by atoms with Crippen molar-refractivity contribution in [2.75, 3.05) is 0 Å². The zero-order valence-electron chi connectivity index (χ0n) is 4.21. The zero-order chi connectivity index (χ0) is 6.08. The first-order valence-electron chi connectivity index (χ1n) is 2.01. The smallest absolute Gasteiger partial charge is 0.0834 e. The van der Waals surface area contributed by atoms with Gasteiger partial charge in [-0.3, -0.25) is 0 Å². The van der Waals surface area contributed by atoms with E-state index in [9.17, 15) is 0 Å². The highest BCUT2D eigenvalue weighted by molar-refractivity contribution is 6.67. The molecule has 0 unspecified atom stereocenters. The molecule has 0 aromatic rings. The molecule has 0 aromatic heterocycles. The third kappa shape index (κ3) is 3.45. The molecule has 0 saturated heterocycles. The minimum Gasteiger partial charge on any atom is -0.0834 e. The van der Waals surface area contributed by atoms with E-state index in [4.69, 9.17) is 34.8 Å². The fraction of sp³-hybridized carbons (Fsp3) is 1.00. The van der Waals surface area contributed by atoms with Crippen molar-refractivity contribution < 1.29 is 0 Å². The van der Waals surface area contributed by atoms with Crippen molar-refractivity contribution in [1.29, 1.82) is 0 Å². The molecule has 0 rings (SSSR count). The number of hydrogen-bond acceptors (Lipinski definition) is 0. The Morgan fingerprint density at radius 1 is 1.14 bits per heavy atom. The lowest BCUT2D eigenvalue weighted by Gasteiger charge is -2.13. The Hall–Kier alpha value is 0.870. The van der Waals surface area contributed by atoms with Crippen LogP contribution in [0.25, 0.3) is 0 Å². The maximum atomic E-state index is 5.40. The number of alkyl halides is 3. The molecule has 0 heterocycles. The van der Waals surface area contributed by atoms with Crippen LogP contribution in [0.15, 0.2) is 0 Å². The van der Waals surface area contributed by atoms with Crippen LogP contribution in [0.1, 0.15) is 13.8 Å². The number of halogens is 3. The summed E-state index contributed by atoms with van der Waals surface area (Å²) < 4.78 is -1.08. The summed E-state index contributed by atoms with van der Waals surface area (Å²) in [6.07, 6.45) is 0. The highest BCUT2D eigenvalue weighted by Gasteiger charge is 2.23. The molecule has 0 nitrogen and oxygen atoms in total. The Labute approximate surface area is 58.7 Å². The fourth-order valence-corrected chi connectivity index (χ4v) is 0. The van der Waals surface area contributed by atoms with Crippen molar-refractivity contribution in [3.05, 3.63) is 0 Å². The van der Waals surface area contributed by atoms with Crippen LogP contribution in [0.4, 0.5) is 0 Å². The molecule has 0 aromatic carbocycles. The largest absolute Gasteiger partial charge is 0.192 e. The molecule has 0 aliphatic rings.